The van der Waals surface area contributed by atoms with Crippen molar-refractivity contribution >= 4 is 16.1 Å². The van der Waals surface area contributed by atoms with E-state index in [0.29, 0.717) is 11.3 Å². The molecular weight excluding hydrogens is 337 g/mol. The minimum Gasteiger partial charge on any atom is -0.207 e. The van der Waals surface area contributed by atoms with Gasteiger partial charge in [-0.3, -0.25) is 0 Å². The van der Waals surface area contributed by atoms with Crippen molar-refractivity contribution in [1.29, 1.82) is 0 Å². The first-order chi connectivity index (χ1) is 12.0. The van der Waals surface area contributed by atoms with Gasteiger partial charge >= 0.3 is 0 Å². The average molecular weight is 357 g/mol. The number of rotatable bonds is 5. The highest BCUT2D eigenvalue weighted by molar-refractivity contribution is 7.93. The first-order valence-corrected chi connectivity index (χ1v) is 10.1. The molecule has 0 saturated heterocycles. The Morgan fingerprint density at radius 1 is 1.00 bits per heavy atom. The van der Waals surface area contributed by atoms with E-state index < -0.39 is 10.0 Å². The van der Waals surface area contributed by atoms with Crippen LogP contribution in [0.5, 0.6) is 0 Å². The van der Waals surface area contributed by atoms with E-state index in [-0.39, 0.29) is 17.8 Å². The molecule has 5 heteroatoms. The molecule has 0 aromatic heterocycles. The van der Waals surface area contributed by atoms with Gasteiger partial charge in [-0.2, -0.15) is 0 Å². The molecule has 25 heavy (non-hydrogen) atoms. The molecular formula is C20H20FNO2S. The van der Waals surface area contributed by atoms with Crippen molar-refractivity contribution in [2.75, 3.05) is 0 Å². The minimum atomic E-state index is -3.57. The van der Waals surface area contributed by atoms with Gasteiger partial charge in [0.2, 0.25) is 10.0 Å². The summed E-state index contributed by atoms with van der Waals surface area (Å²) in [6, 6.07) is 13.7. The fraction of sp³-hybridized carbons (Fsp3) is 0.300. The summed E-state index contributed by atoms with van der Waals surface area (Å²) in [6.45, 7) is 0. The molecule has 1 atom stereocenters. The fourth-order valence-electron chi connectivity index (χ4n) is 3.40. The fourth-order valence-corrected chi connectivity index (χ4v) is 4.86. The number of benzene rings is 2. The molecule has 1 unspecified atom stereocenters. The maximum atomic E-state index is 13.2. The standard InChI is InChI=1S/C20H20FNO2S/c21-18-10-7-16(8-11-18)20(15-5-6-15)22-25(23,24)19-12-9-14-3-1-2-4-17(14)13-19/h1-4,7-8,10-11,13,15,20,22H,5-6,9,12H2. The van der Waals surface area contributed by atoms with Gasteiger partial charge in [-0.05, 0) is 66.5 Å². The third kappa shape index (κ3) is 3.53. The molecule has 0 heterocycles. The van der Waals surface area contributed by atoms with Crippen molar-refractivity contribution in [1.82, 2.24) is 4.72 Å². The maximum absolute atomic E-state index is 13.2. The lowest BCUT2D eigenvalue weighted by atomic mass is 9.98. The van der Waals surface area contributed by atoms with Crippen LogP contribution in [0.15, 0.2) is 53.4 Å². The van der Waals surface area contributed by atoms with Gasteiger partial charge in [0.1, 0.15) is 5.82 Å². The molecule has 2 aromatic rings. The van der Waals surface area contributed by atoms with Crippen molar-refractivity contribution in [2.24, 2.45) is 5.92 Å². The SMILES string of the molecule is O=S(=O)(NC(c1ccc(F)cc1)C1CC1)C1=Cc2ccccc2CC1. The van der Waals surface area contributed by atoms with Gasteiger partial charge in [-0.1, -0.05) is 36.4 Å². The van der Waals surface area contributed by atoms with Crippen LogP contribution >= 0.6 is 0 Å². The molecule has 0 amide bonds. The number of aryl methyl sites for hydroxylation is 1. The molecule has 2 aliphatic carbocycles. The topological polar surface area (TPSA) is 46.2 Å². The highest BCUT2D eigenvalue weighted by atomic mass is 32.2. The van der Waals surface area contributed by atoms with Crippen LogP contribution in [-0.4, -0.2) is 8.42 Å². The van der Waals surface area contributed by atoms with Gasteiger partial charge in [-0.15, -0.1) is 0 Å². The molecule has 0 radical (unpaired) electrons. The monoisotopic (exact) mass is 357 g/mol. The van der Waals surface area contributed by atoms with Crippen molar-refractivity contribution in [3.63, 3.8) is 0 Å². The van der Waals surface area contributed by atoms with E-state index in [2.05, 4.69) is 4.72 Å². The third-order valence-electron chi connectivity index (χ3n) is 4.96. The van der Waals surface area contributed by atoms with E-state index in [0.717, 1.165) is 30.4 Å². The number of hydrogen-bond donors (Lipinski definition) is 1. The lowest BCUT2D eigenvalue weighted by molar-refractivity contribution is 0.531. The lowest BCUT2D eigenvalue weighted by Crippen LogP contribution is -2.31. The van der Waals surface area contributed by atoms with E-state index in [1.807, 2.05) is 24.3 Å². The molecule has 0 bridgehead atoms. The highest BCUT2D eigenvalue weighted by Crippen LogP contribution is 2.42. The number of hydrogen-bond acceptors (Lipinski definition) is 2. The summed E-state index contributed by atoms with van der Waals surface area (Å²) in [7, 11) is -3.57. The van der Waals surface area contributed by atoms with Gasteiger partial charge in [0.05, 0.1) is 4.91 Å². The van der Waals surface area contributed by atoms with Crippen LogP contribution in [0.3, 0.4) is 0 Å². The van der Waals surface area contributed by atoms with E-state index in [4.69, 9.17) is 0 Å². The Kier molecular flexibility index (Phi) is 4.21. The second kappa shape index (κ2) is 6.39. The van der Waals surface area contributed by atoms with Gasteiger partial charge in [0.25, 0.3) is 0 Å². The van der Waals surface area contributed by atoms with Gasteiger partial charge in [-0.25, -0.2) is 17.5 Å². The molecule has 3 nitrogen and oxygen atoms in total. The van der Waals surface area contributed by atoms with E-state index in [9.17, 15) is 12.8 Å². The Morgan fingerprint density at radius 3 is 2.44 bits per heavy atom. The largest absolute Gasteiger partial charge is 0.237 e. The summed E-state index contributed by atoms with van der Waals surface area (Å²) in [4.78, 5) is 0.430. The maximum Gasteiger partial charge on any atom is 0.237 e. The van der Waals surface area contributed by atoms with Crippen molar-refractivity contribution in [2.45, 2.75) is 31.7 Å². The van der Waals surface area contributed by atoms with Crippen LogP contribution in [0.2, 0.25) is 0 Å². The number of halogens is 1. The van der Waals surface area contributed by atoms with E-state index in [1.165, 1.54) is 17.7 Å². The average Bonchev–Trinajstić information content (AvgIpc) is 3.45. The smallest absolute Gasteiger partial charge is 0.207 e. The summed E-state index contributed by atoms with van der Waals surface area (Å²) in [5.74, 6) is -0.0236. The molecule has 2 aliphatic rings. The van der Waals surface area contributed by atoms with Gasteiger partial charge in [0, 0.05) is 6.04 Å². The van der Waals surface area contributed by atoms with Crippen molar-refractivity contribution in [3.8, 4) is 0 Å². The summed E-state index contributed by atoms with van der Waals surface area (Å²) >= 11 is 0. The zero-order valence-electron chi connectivity index (χ0n) is 13.8. The van der Waals surface area contributed by atoms with Crippen LogP contribution in [0, 0.1) is 11.7 Å². The Bertz CT molecular complexity index is 915. The molecule has 130 valence electrons. The number of fused-ring (bicyclic) bond motifs is 1. The van der Waals surface area contributed by atoms with Crippen LogP contribution in [0.1, 0.15) is 42.0 Å². The van der Waals surface area contributed by atoms with Crippen LogP contribution < -0.4 is 4.72 Å². The molecule has 4 rings (SSSR count). The highest BCUT2D eigenvalue weighted by Gasteiger charge is 2.36. The molecule has 1 fully saturated rings. The first-order valence-electron chi connectivity index (χ1n) is 8.59. The predicted octanol–water partition coefficient (Wildman–Crippen LogP) is 4.18. The number of nitrogens with one attached hydrogen (secondary N) is 1. The Morgan fingerprint density at radius 2 is 1.72 bits per heavy atom. The third-order valence-corrected chi connectivity index (χ3v) is 6.54. The van der Waals surface area contributed by atoms with E-state index >= 15 is 0 Å². The Balaban J connectivity index is 1.62. The van der Waals surface area contributed by atoms with Gasteiger partial charge in [0.15, 0.2) is 0 Å². The molecule has 2 aromatic carbocycles. The van der Waals surface area contributed by atoms with Gasteiger partial charge < -0.3 is 0 Å². The second-order valence-corrected chi connectivity index (χ2v) is 8.56. The normalized spacial score (nSPS) is 18.4. The van der Waals surface area contributed by atoms with Crippen LogP contribution in [-0.2, 0) is 16.4 Å². The predicted molar refractivity (Wildman–Crippen MR) is 96.7 cm³/mol. The Hall–Kier alpha value is -1.98. The summed E-state index contributed by atoms with van der Waals surface area (Å²) in [6.07, 6.45) is 5.00. The summed E-state index contributed by atoms with van der Waals surface area (Å²) in [5.41, 5.74) is 2.97. The first kappa shape index (κ1) is 16.5. The molecule has 0 spiro atoms. The van der Waals surface area contributed by atoms with E-state index in [1.54, 1.807) is 18.2 Å². The number of allylic oxidation sites excluding steroid dienone is 1. The summed E-state index contributed by atoms with van der Waals surface area (Å²) < 4.78 is 41.9. The number of sulfonamides is 1. The molecule has 1 N–H and O–H groups in total. The van der Waals surface area contributed by atoms with Crippen molar-refractivity contribution < 1.29 is 12.8 Å². The zero-order valence-corrected chi connectivity index (χ0v) is 14.6. The van der Waals surface area contributed by atoms with Crippen LogP contribution in [0.4, 0.5) is 4.39 Å². The zero-order chi connectivity index (χ0) is 17.4. The summed E-state index contributed by atoms with van der Waals surface area (Å²) in [5, 5.41) is 0. The minimum absolute atomic E-state index is 0.288. The van der Waals surface area contributed by atoms with Crippen molar-refractivity contribution in [3.05, 3.63) is 75.9 Å². The lowest BCUT2D eigenvalue weighted by Gasteiger charge is -2.22. The molecule has 1 saturated carbocycles. The quantitative estimate of drug-likeness (QED) is 0.872. The second-order valence-electron chi connectivity index (χ2n) is 6.80. The Labute approximate surface area is 147 Å². The molecule has 0 aliphatic heterocycles. The van der Waals surface area contributed by atoms with Crippen LogP contribution in [0.25, 0.3) is 6.08 Å².